The quantitative estimate of drug-likeness (QED) is 0.719. The summed E-state index contributed by atoms with van der Waals surface area (Å²) in [7, 11) is 1.66. The summed E-state index contributed by atoms with van der Waals surface area (Å²) in [4.78, 5) is 12.0. The van der Waals surface area contributed by atoms with Crippen LogP contribution >= 0.6 is 0 Å². The highest BCUT2D eigenvalue weighted by atomic mass is 16.5. The van der Waals surface area contributed by atoms with Crippen LogP contribution in [0.5, 0.6) is 0 Å². The SMILES string of the molecule is COCC(CCN)NC(=O)CC1CC2CCC1C2. The van der Waals surface area contributed by atoms with E-state index in [0.717, 1.165) is 18.3 Å². The third-order valence-electron chi connectivity index (χ3n) is 4.58. The summed E-state index contributed by atoms with van der Waals surface area (Å²) in [6.07, 6.45) is 6.85. The van der Waals surface area contributed by atoms with E-state index in [4.69, 9.17) is 10.5 Å². The predicted molar refractivity (Wildman–Crippen MR) is 71.0 cm³/mol. The number of amides is 1. The molecule has 2 aliphatic carbocycles. The van der Waals surface area contributed by atoms with Gasteiger partial charge in [0.1, 0.15) is 0 Å². The van der Waals surface area contributed by atoms with Crippen LogP contribution in [-0.4, -0.2) is 32.2 Å². The number of carbonyl (C=O) groups excluding carboxylic acids is 1. The Morgan fingerprint density at radius 1 is 1.44 bits per heavy atom. The van der Waals surface area contributed by atoms with Crippen LogP contribution in [0.1, 0.15) is 38.5 Å². The standard InChI is InChI=1S/C14H26N2O2/c1-18-9-13(4-5-15)16-14(17)8-12-7-10-2-3-11(12)6-10/h10-13H,2-9,15H2,1H3,(H,16,17). The van der Waals surface area contributed by atoms with Gasteiger partial charge in [-0.25, -0.2) is 0 Å². The van der Waals surface area contributed by atoms with Gasteiger partial charge in [0.2, 0.25) is 5.91 Å². The Morgan fingerprint density at radius 2 is 2.28 bits per heavy atom. The first kappa shape index (κ1) is 13.8. The number of hydrogen-bond acceptors (Lipinski definition) is 3. The van der Waals surface area contributed by atoms with Crippen molar-refractivity contribution in [3.8, 4) is 0 Å². The van der Waals surface area contributed by atoms with Crippen molar-refractivity contribution >= 4 is 5.91 Å². The van der Waals surface area contributed by atoms with Gasteiger partial charge in [-0.05, 0) is 50.0 Å². The average molecular weight is 254 g/mol. The second-order valence-electron chi connectivity index (χ2n) is 5.94. The van der Waals surface area contributed by atoms with Crippen LogP contribution < -0.4 is 11.1 Å². The molecule has 4 unspecified atom stereocenters. The molecular weight excluding hydrogens is 228 g/mol. The van der Waals surface area contributed by atoms with Crippen LogP contribution in [0.15, 0.2) is 0 Å². The molecule has 2 saturated carbocycles. The number of hydrogen-bond donors (Lipinski definition) is 2. The van der Waals surface area contributed by atoms with Crippen LogP contribution in [0.3, 0.4) is 0 Å². The van der Waals surface area contributed by atoms with Crippen molar-refractivity contribution in [2.75, 3.05) is 20.3 Å². The minimum Gasteiger partial charge on any atom is -0.383 e. The van der Waals surface area contributed by atoms with Gasteiger partial charge >= 0.3 is 0 Å². The highest BCUT2D eigenvalue weighted by Crippen LogP contribution is 2.49. The molecule has 0 spiro atoms. The van der Waals surface area contributed by atoms with Crippen molar-refractivity contribution in [2.45, 2.75) is 44.6 Å². The van der Waals surface area contributed by atoms with Crippen LogP contribution in [0, 0.1) is 17.8 Å². The van der Waals surface area contributed by atoms with Crippen LogP contribution in [0.4, 0.5) is 0 Å². The van der Waals surface area contributed by atoms with Crippen molar-refractivity contribution in [3.05, 3.63) is 0 Å². The predicted octanol–water partition coefficient (Wildman–Crippen LogP) is 1.29. The molecule has 4 atom stereocenters. The Balaban J connectivity index is 1.73. The lowest BCUT2D eigenvalue weighted by atomic mass is 9.86. The topological polar surface area (TPSA) is 64.3 Å². The molecule has 0 heterocycles. The Hall–Kier alpha value is -0.610. The van der Waals surface area contributed by atoms with E-state index in [9.17, 15) is 4.79 Å². The summed E-state index contributed by atoms with van der Waals surface area (Å²) in [5, 5.41) is 3.06. The second-order valence-corrected chi connectivity index (χ2v) is 5.94. The molecule has 0 aromatic rings. The third kappa shape index (κ3) is 3.45. The van der Waals surface area contributed by atoms with Crippen LogP contribution in [0.25, 0.3) is 0 Å². The molecule has 0 aliphatic heterocycles. The van der Waals surface area contributed by atoms with Gasteiger partial charge in [-0.1, -0.05) is 6.42 Å². The molecule has 2 aliphatic rings. The largest absolute Gasteiger partial charge is 0.383 e. The number of nitrogens with two attached hydrogens (primary N) is 1. The zero-order chi connectivity index (χ0) is 13.0. The minimum absolute atomic E-state index is 0.0751. The number of fused-ring (bicyclic) bond motifs is 2. The fourth-order valence-corrected chi connectivity index (χ4v) is 3.75. The summed E-state index contributed by atoms with van der Waals surface area (Å²) in [5.74, 6) is 2.54. The molecule has 3 N–H and O–H groups in total. The number of rotatable bonds is 7. The molecule has 1 amide bonds. The molecule has 4 nitrogen and oxygen atoms in total. The third-order valence-corrected chi connectivity index (χ3v) is 4.58. The molecule has 0 aromatic heterocycles. The van der Waals surface area contributed by atoms with E-state index >= 15 is 0 Å². The van der Waals surface area contributed by atoms with E-state index in [-0.39, 0.29) is 11.9 Å². The van der Waals surface area contributed by atoms with Crippen LogP contribution in [0.2, 0.25) is 0 Å². The number of ether oxygens (including phenoxy) is 1. The van der Waals surface area contributed by atoms with Crippen molar-refractivity contribution in [1.29, 1.82) is 0 Å². The lowest BCUT2D eigenvalue weighted by Crippen LogP contribution is -2.40. The van der Waals surface area contributed by atoms with E-state index < -0.39 is 0 Å². The summed E-state index contributed by atoms with van der Waals surface area (Å²) < 4.78 is 5.11. The smallest absolute Gasteiger partial charge is 0.220 e. The minimum atomic E-state index is 0.0751. The molecule has 4 heteroatoms. The highest BCUT2D eigenvalue weighted by molar-refractivity contribution is 5.76. The monoisotopic (exact) mass is 254 g/mol. The molecule has 18 heavy (non-hydrogen) atoms. The molecule has 0 saturated heterocycles. The second kappa shape index (κ2) is 6.53. The maximum Gasteiger partial charge on any atom is 0.220 e. The summed E-state index contributed by atoms with van der Waals surface area (Å²) in [6.45, 7) is 1.14. The van der Waals surface area contributed by atoms with E-state index in [1.165, 1.54) is 25.7 Å². The van der Waals surface area contributed by atoms with Gasteiger partial charge in [-0.15, -0.1) is 0 Å². The highest BCUT2D eigenvalue weighted by Gasteiger charge is 2.40. The Morgan fingerprint density at radius 3 is 2.83 bits per heavy atom. The van der Waals surface area contributed by atoms with Gasteiger partial charge < -0.3 is 15.8 Å². The summed E-state index contributed by atoms with van der Waals surface area (Å²) >= 11 is 0. The normalized spacial score (nSPS) is 31.6. The first-order valence-corrected chi connectivity index (χ1v) is 7.21. The van der Waals surface area contributed by atoms with Gasteiger partial charge in [-0.3, -0.25) is 4.79 Å². The van der Waals surface area contributed by atoms with E-state index in [0.29, 0.717) is 25.5 Å². The van der Waals surface area contributed by atoms with Gasteiger partial charge in [0.15, 0.2) is 0 Å². The Bertz CT molecular complexity index is 277. The van der Waals surface area contributed by atoms with Crippen molar-refractivity contribution in [3.63, 3.8) is 0 Å². The first-order valence-electron chi connectivity index (χ1n) is 7.21. The van der Waals surface area contributed by atoms with Gasteiger partial charge in [-0.2, -0.15) is 0 Å². The van der Waals surface area contributed by atoms with E-state index in [2.05, 4.69) is 5.32 Å². The molecule has 0 radical (unpaired) electrons. The first-order chi connectivity index (χ1) is 8.72. The maximum absolute atomic E-state index is 12.0. The lowest BCUT2D eigenvalue weighted by Gasteiger charge is -2.23. The van der Waals surface area contributed by atoms with Gasteiger partial charge in [0.05, 0.1) is 12.6 Å². The average Bonchev–Trinajstić information content (AvgIpc) is 2.91. The molecule has 104 valence electrons. The molecule has 2 fully saturated rings. The van der Waals surface area contributed by atoms with E-state index in [1.54, 1.807) is 7.11 Å². The van der Waals surface area contributed by atoms with Crippen molar-refractivity contribution in [2.24, 2.45) is 23.5 Å². The zero-order valence-corrected chi connectivity index (χ0v) is 11.4. The zero-order valence-electron chi connectivity index (χ0n) is 11.4. The lowest BCUT2D eigenvalue weighted by molar-refractivity contribution is -0.123. The number of methoxy groups -OCH3 is 1. The van der Waals surface area contributed by atoms with Crippen molar-refractivity contribution < 1.29 is 9.53 Å². The molecular formula is C14H26N2O2. The Kier molecular flexibility index (Phi) is 5.01. The summed E-state index contributed by atoms with van der Waals surface area (Å²) in [6, 6.07) is 0.0751. The van der Waals surface area contributed by atoms with Crippen molar-refractivity contribution in [1.82, 2.24) is 5.32 Å². The maximum atomic E-state index is 12.0. The number of nitrogens with one attached hydrogen (secondary N) is 1. The van der Waals surface area contributed by atoms with Gasteiger partial charge in [0.25, 0.3) is 0 Å². The molecule has 2 rings (SSSR count). The van der Waals surface area contributed by atoms with Gasteiger partial charge in [0, 0.05) is 13.5 Å². The fourth-order valence-electron chi connectivity index (χ4n) is 3.75. The number of carbonyl (C=O) groups is 1. The molecule has 2 bridgehead atoms. The summed E-state index contributed by atoms with van der Waals surface area (Å²) in [5.41, 5.74) is 5.54. The Labute approximate surface area is 110 Å². The van der Waals surface area contributed by atoms with Crippen LogP contribution in [-0.2, 0) is 9.53 Å². The fraction of sp³-hybridized carbons (Fsp3) is 0.929. The van der Waals surface area contributed by atoms with E-state index in [1.807, 2.05) is 0 Å². The molecule has 0 aromatic carbocycles.